The summed E-state index contributed by atoms with van der Waals surface area (Å²) < 4.78 is 17.9. The number of hydrogen-bond donors (Lipinski definition) is 6. The van der Waals surface area contributed by atoms with Crippen molar-refractivity contribution in [3.63, 3.8) is 0 Å². The molecule has 6 N–H and O–H groups in total. The van der Waals surface area contributed by atoms with Crippen molar-refractivity contribution < 1.29 is 147 Å². The first-order chi connectivity index (χ1) is 26.0. The number of fused-ring (bicyclic) bond motifs is 5. The van der Waals surface area contributed by atoms with Crippen LogP contribution in [-0.2, 0) is 23.8 Å². The maximum Gasteiger partial charge on any atom is 0.338 e. The van der Waals surface area contributed by atoms with Gasteiger partial charge >= 0.3 is 11.9 Å². The summed E-state index contributed by atoms with van der Waals surface area (Å²) in [6.45, 7) is 5.83. The van der Waals surface area contributed by atoms with Crippen molar-refractivity contribution in [1.29, 1.82) is 0 Å². The number of carbonyl (C=O) groups is 4. The first kappa shape index (κ1) is 47.4. The van der Waals surface area contributed by atoms with Crippen molar-refractivity contribution in [3.8, 4) is 0 Å². The minimum atomic E-state index is -2.27. The van der Waals surface area contributed by atoms with Gasteiger partial charge in [0, 0.05) is 112 Å². The van der Waals surface area contributed by atoms with Gasteiger partial charge in [-0.25, -0.2) is 9.59 Å². The Bertz CT molecular complexity index is 1850. The van der Waals surface area contributed by atoms with Crippen LogP contribution in [-0.4, -0.2) is 110 Å². The maximum atomic E-state index is 14.7. The molecule has 0 spiro atoms. The molecule has 16 heteroatoms. The van der Waals surface area contributed by atoms with Gasteiger partial charge in [0.25, 0.3) is 5.91 Å². The molecule has 304 valence electrons. The zero-order chi connectivity index (χ0) is 39.7. The van der Waals surface area contributed by atoms with Crippen molar-refractivity contribution in [2.45, 2.75) is 127 Å². The van der Waals surface area contributed by atoms with Crippen LogP contribution in [0.25, 0.3) is 0 Å². The number of esters is 2. The van der Waals surface area contributed by atoms with Crippen LogP contribution in [0.1, 0.15) is 92.7 Å². The average molecular weight is 1240 g/mol. The molecule has 57 heavy (non-hydrogen) atoms. The Labute approximate surface area is 407 Å². The van der Waals surface area contributed by atoms with E-state index in [-0.39, 0.29) is 124 Å². The summed E-state index contributed by atoms with van der Waals surface area (Å²) in [6, 6.07) is 10.4. The fourth-order valence-electron chi connectivity index (χ4n) is 10.3. The second-order valence-electron chi connectivity index (χ2n) is 16.9. The fourth-order valence-corrected chi connectivity index (χ4v) is 10.9. The Morgan fingerprint density at radius 1 is 0.965 bits per heavy atom. The van der Waals surface area contributed by atoms with Gasteiger partial charge in [0.2, 0.25) is 0 Å². The molecule has 1 amide bonds. The smallest absolute Gasteiger partial charge is 0.338 e. The first-order valence-electron chi connectivity index (χ1n) is 19.1. The number of carbonyl (C=O) groups excluding carboxylic acids is 4. The van der Waals surface area contributed by atoms with E-state index >= 15 is 0 Å². The molecule has 7 rings (SSSR count). The second-order valence-corrected chi connectivity index (χ2v) is 17.8. The molecule has 2 aromatic rings. The van der Waals surface area contributed by atoms with Crippen molar-refractivity contribution in [2.75, 3.05) is 6.61 Å². The molecule has 2 radical (unpaired) electrons. The Morgan fingerprint density at radius 2 is 1.63 bits per heavy atom. The van der Waals surface area contributed by atoms with Gasteiger partial charge in [0.1, 0.15) is 29.5 Å². The molecule has 3 saturated carbocycles. The Balaban J connectivity index is 0.00000310. The number of rotatable bonds is 8. The minimum Gasteiger partial charge on any atom is -0.456 e. The Hall–Kier alpha value is -0.617. The van der Waals surface area contributed by atoms with Gasteiger partial charge in [-0.2, -0.15) is 0 Å². The van der Waals surface area contributed by atoms with Crippen LogP contribution in [0.4, 0.5) is 0 Å². The molecular formula is C41H51Ac2NO12S. The molecule has 2 heterocycles. The first-order valence-corrected chi connectivity index (χ1v) is 20.0. The number of thiophene rings is 1. The molecule has 1 aromatic heterocycles. The number of Topliss-reactive ketones (excluding diaryl/α,β-unsaturated/α-hetero) is 1. The largest absolute Gasteiger partial charge is 0.456 e. The van der Waals surface area contributed by atoms with E-state index in [0.29, 0.717) is 17.7 Å². The summed E-state index contributed by atoms with van der Waals surface area (Å²) in [5.74, 6) is -4.99. The summed E-state index contributed by atoms with van der Waals surface area (Å²) in [4.78, 5) is 56.4. The maximum absolute atomic E-state index is 14.7. The van der Waals surface area contributed by atoms with E-state index in [1.54, 1.807) is 56.5 Å². The average Bonchev–Trinajstić information content (AvgIpc) is 3.72. The monoisotopic (exact) mass is 1240 g/mol. The van der Waals surface area contributed by atoms with E-state index in [9.17, 15) is 44.7 Å². The number of benzene rings is 1. The molecule has 13 nitrogen and oxygen atoms in total. The van der Waals surface area contributed by atoms with Crippen LogP contribution in [0, 0.1) is 111 Å². The van der Waals surface area contributed by atoms with Gasteiger partial charge in [0.15, 0.2) is 11.9 Å². The van der Waals surface area contributed by atoms with Gasteiger partial charge < -0.3 is 45.1 Å². The second kappa shape index (κ2) is 18.0. The summed E-state index contributed by atoms with van der Waals surface area (Å²) in [7, 11) is 0. The number of aliphatic hydroxyl groups excluding tert-OH is 3. The molecule has 4 fully saturated rings. The van der Waals surface area contributed by atoms with E-state index in [1.165, 1.54) is 30.4 Å². The zero-order valence-electron chi connectivity index (χ0n) is 32.6. The number of ketones is 1. The molecular weight excluding hydrogens is 1180 g/mol. The van der Waals surface area contributed by atoms with E-state index in [4.69, 9.17) is 14.2 Å². The Morgan fingerprint density at radius 3 is 2.23 bits per heavy atom. The molecule has 9 unspecified atom stereocenters. The van der Waals surface area contributed by atoms with Crippen LogP contribution in [0.5, 0.6) is 0 Å². The molecule has 4 aliphatic carbocycles. The molecule has 1 aliphatic heterocycles. The van der Waals surface area contributed by atoms with Crippen LogP contribution in [0.2, 0.25) is 0 Å². The number of ether oxygens (including phenoxy) is 3. The third-order valence-electron chi connectivity index (χ3n) is 13.7. The molecule has 1 aromatic carbocycles. The Kier molecular flexibility index (Phi) is 15.0. The molecule has 2 bridgehead atoms. The SMILES string of the molecule is CC1=C2C(O)C(=O)[C@]3(C)C(O)CC4OC[C@@]4(O)C3C(OC(=O)c3ccccc3)C(O)(CC1OC(=O)C(O)C(NC(=O)c1cccs1)C1CCCCC1)C2(C)C.[Ac].[Ac]. The van der Waals surface area contributed by atoms with E-state index < -0.39 is 101 Å². The fraction of sp³-hybridized carbons (Fsp3) is 0.610. The number of amides is 1. The summed E-state index contributed by atoms with van der Waals surface area (Å²) in [5.41, 5.74) is -7.29. The summed E-state index contributed by atoms with van der Waals surface area (Å²) in [6.07, 6.45) is -5.84. The van der Waals surface area contributed by atoms with E-state index in [0.717, 1.165) is 19.3 Å². The van der Waals surface area contributed by atoms with Crippen molar-refractivity contribution in [1.82, 2.24) is 5.32 Å². The topological polar surface area (TPSA) is 209 Å². The summed E-state index contributed by atoms with van der Waals surface area (Å²) in [5, 5.41) is 65.6. The van der Waals surface area contributed by atoms with Crippen molar-refractivity contribution in [2.24, 2.45) is 22.7 Å². The third-order valence-corrected chi connectivity index (χ3v) is 14.5. The normalized spacial score (nSPS) is 35.6. The third kappa shape index (κ3) is 8.01. The van der Waals surface area contributed by atoms with Gasteiger partial charge in [-0.1, -0.05) is 57.4 Å². The van der Waals surface area contributed by atoms with Gasteiger partial charge in [-0.15, -0.1) is 11.3 Å². The standard InChI is InChI=1S/C41H51NO12S.2Ac/c1-21-24(53-37(49)31(45)29(22-12-7-5-8-13-22)42-35(47)25-16-11-17-55-25)19-41(51)34(54-36(48)23-14-9-6-10-15-23)32-39(4,26(43)18-27-40(32,50)20-52-27)33(46)30(44)28(21)38(41,2)3;;/h6,9-11,14-17,22,24,26-27,29-32,34,43-45,50-51H,5,7-8,12-13,18-20H2,1-4H3,(H,42,47);;/t24?,26?,27?,29?,30?,31?,32?,34?,39-,40+,41?;;/m1../s1. The van der Waals surface area contributed by atoms with Crippen LogP contribution >= 0.6 is 11.3 Å². The molecule has 1 saturated heterocycles. The van der Waals surface area contributed by atoms with Crippen LogP contribution < -0.4 is 5.32 Å². The van der Waals surface area contributed by atoms with Gasteiger partial charge in [-0.05, 0) is 67.3 Å². The predicted molar refractivity (Wildman–Crippen MR) is 198 cm³/mol. The van der Waals surface area contributed by atoms with Crippen LogP contribution in [0.15, 0.2) is 59.0 Å². The molecule has 11 atom stereocenters. The number of hydrogen-bond acceptors (Lipinski definition) is 13. The number of aliphatic hydroxyl groups is 5. The van der Waals surface area contributed by atoms with Crippen molar-refractivity contribution in [3.05, 3.63) is 69.4 Å². The van der Waals surface area contributed by atoms with Crippen molar-refractivity contribution >= 4 is 35.0 Å². The molecule has 5 aliphatic rings. The minimum absolute atomic E-state index is 0. The summed E-state index contributed by atoms with van der Waals surface area (Å²) >= 11 is 1.22. The van der Waals surface area contributed by atoms with Gasteiger partial charge in [0.05, 0.1) is 40.7 Å². The van der Waals surface area contributed by atoms with Crippen LogP contribution in [0.3, 0.4) is 0 Å². The number of nitrogens with one attached hydrogen (secondary N) is 1. The van der Waals surface area contributed by atoms with E-state index in [2.05, 4.69) is 5.32 Å². The zero-order valence-corrected chi connectivity index (χ0v) is 42.9. The van der Waals surface area contributed by atoms with Gasteiger partial charge in [-0.3, -0.25) is 9.59 Å². The predicted octanol–water partition coefficient (Wildman–Crippen LogP) is 2.86. The van der Waals surface area contributed by atoms with E-state index in [1.807, 2.05) is 0 Å². The quantitative estimate of drug-likeness (QED) is 0.167.